The van der Waals surface area contributed by atoms with Gasteiger partial charge in [0.1, 0.15) is 5.82 Å². The van der Waals surface area contributed by atoms with Crippen LogP contribution < -0.4 is 4.90 Å². The van der Waals surface area contributed by atoms with Gasteiger partial charge in [0.05, 0.1) is 26.7 Å². The smallest absolute Gasteiger partial charge is 0.330 e. The van der Waals surface area contributed by atoms with Gasteiger partial charge in [0, 0.05) is 35.1 Å². The summed E-state index contributed by atoms with van der Waals surface area (Å²) >= 11 is 6.77. The molecule has 206 valence electrons. The fourth-order valence-electron chi connectivity index (χ4n) is 5.17. The summed E-state index contributed by atoms with van der Waals surface area (Å²) < 4.78 is 30.5. The first-order valence-electron chi connectivity index (χ1n) is 13.9. The van der Waals surface area contributed by atoms with E-state index in [1.54, 1.807) is 29.1 Å². The lowest BCUT2D eigenvalue weighted by Crippen LogP contribution is -2.37. The second-order valence-corrected chi connectivity index (χ2v) is 10.5. The zero-order chi connectivity index (χ0) is 29.1. The average Bonchev–Trinajstić information content (AvgIpc) is 3.35. The van der Waals surface area contributed by atoms with Crippen LogP contribution in [0.2, 0.25) is 5.02 Å². The Kier molecular flexibility index (Phi) is 7.91. The van der Waals surface area contributed by atoms with E-state index in [4.69, 9.17) is 11.6 Å². The first-order valence-corrected chi connectivity index (χ1v) is 13.7. The number of fused-ring (bicyclic) bond motifs is 1. The number of rotatable bonds is 7. The van der Waals surface area contributed by atoms with E-state index < -0.39 is 18.3 Å². The van der Waals surface area contributed by atoms with Gasteiger partial charge in [0.25, 0.3) is 0 Å². The Balaban J connectivity index is 1.52. The number of carbonyl (C=O) groups excluding carboxylic acids is 2. The summed E-state index contributed by atoms with van der Waals surface area (Å²) in [6, 6.07) is 15.5. The summed E-state index contributed by atoms with van der Waals surface area (Å²) in [7, 11) is 3.14. The second kappa shape index (κ2) is 12.0. The van der Waals surface area contributed by atoms with Crippen molar-refractivity contribution in [3.05, 3.63) is 88.8 Å². The van der Waals surface area contributed by atoms with E-state index in [2.05, 4.69) is 9.84 Å². The average molecular weight is 561 g/mol. The molecule has 0 radical (unpaired) electrons. The summed E-state index contributed by atoms with van der Waals surface area (Å²) in [5.74, 6) is -1.68. The number of carbonyl (C=O) groups is 2. The number of amides is 1. The van der Waals surface area contributed by atoms with Crippen molar-refractivity contribution in [2.75, 3.05) is 12.0 Å². The standard InChI is InChI=1S/C32H31ClFN3O3/c1-36-30-12-11-23(16-26(30)19-35-36)24-9-10-25(29(33)17-24)20-37(32(39)22-6-4-3-5-7-22)28-15-21(14-27(34)18-28)8-13-31(38)40-2/h8-19,22H,3-7,20H2,1-2H3/b13-8+/i20D. The molecule has 8 heteroatoms. The number of halogens is 2. The third-order valence-electron chi connectivity index (χ3n) is 7.34. The van der Waals surface area contributed by atoms with Gasteiger partial charge in [0.2, 0.25) is 5.91 Å². The third kappa shape index (κ3) is 6.10. The van der Waals surface area contributed by atoms with E-state index in [0.717, 1.165) is 54.1 Å². The Bertz CT molecular complexity index is 1630. The minimum Gasteiger partial charge on any atom is -0.466 e. The normalized spacial score (nSPS) is 15.2. The molecule has 0 spiro atoms. The molecule has 1 amide bonds. The zero-order valence-corrected chi connectivity index (χ0v) is 23.2. The molecule has 1 atom stereocenters. The summed E-state index contributed by atoms with van der Waals surface area (Å²) in [5, 5.41) is 5.63. The van der Waals surface area contributed by atoms with Crippen molar-refractivity contribution < 1.29 is 20.1 Å². The lowest BCUT2D eigenvalue weighted by Gasteiger charge is -2.30. The Labute approximate surface area is 239 Å². The molecule has 1 fully saturated rings. The van der Waals surface area contributed by atoms with Crippen molar-refractivity contribution in [1.82, 2.24) is 9.78 Å². The van der Waals surface area contributed by atoms with Gasteiger partial charge in [-0.15, -0.1) is 0 Å². The molecule has 1 aliphatic carbocycles. The van der Waals surface area contributed by atoms with Crippen molar-refractivity contribution in [3.8, 4) is 11.1 Å². The molecule has 1 aromatic heterocycles. The van der Waals surface area contributed by atoms with Gasteiger partial charge in [-0.2, -0.15) is 5.10 Å². The number of hydrogen-bond donors (Lipinski definition) is 0. The highest BCUT2D eigenvalue weighted by Gasteiger charge is 2.28. The van der Waals surface area contributed by atoms with Crippen LogP contribution in [-0.4, -0.2) is 28.8 Å². The number of esters is 1. The monoisotopic (exact) mass is 560 g/mol. The molecule has 6 nitrogen and oxygen atoms in total. The lowest BCUT2D eigenvalue weighted by atomic mass is 9.88. The summed E-state index contributed by atoms with van der Waals surface area (Å²) in [6.45, 7) is -1.22. The summed E-state index contributed by atoms with van der Waals surface area (Å²) in [5.41, 5.74) is 3.84. The van der Waals surface area contributed by atoms with Gasteiger partial charge >= 0.3 is 5.97 Å². The molecular weight excluding hydrogens is 529 g/mol. The van der Waals surface area contributed by atoms with Gasteiger partial charge in [-0.05, 0) is 77.6 Å². The van der Waals surface area contributed by atoms with Gasteiger partial charge in [-0.1, -0.05) is 49.1 Å². The number of aromatic nitrogens is 2. The first kappa shape index (κ1) is 26.3. The van der Waals surface area contributed by atoms with Gasteiger partial charge in [0.15, 0.2) is 0 Å². The maximum absolute atomic E-state index is 14.8. The minimum atomic E-state index is -1.22. The Hall–Kier alpha value is -3.97. The van der Waals surface area contributed by atoms with Gasteiger partial charge < -0.3 is 9.64 Å². The van der Waals surface area contributed by atoms with Crippen molar-refractivity contribution in [1.29, 1.82) is 0 Å². The predicted molar refractivity (Wildman–Crippen MR) is 156 cm³/mol. The molecule has 1 unspecified atom stereocenters. The van der Waals surface area contributed by atoms with Crippen LogP contribution in [0.5, 0.6) is 0 Å². The molecule has 0 N–H and O–H groups in total. The third-order valence-corrected chi connectivity index (χ3v) is 7.66. The molecule has 1 heterocycles. The van der Waals surface area contributed by atoms with Crippen LogP contribution in [0.1, 0.15) is 44.6 Å². The molecule has 1 aliphatic rings. The molecule has 4 aromatic rings. The number of benzene rings is 3. The molecule has 0 aliphatic heterocycles. The number of hydrogen-bond acceptors (Lipinski definition) is 4. The van der Waals surface area contributed by atoms with E-state index >= 15 is 0 Å². The maximum Gasteiger partial charge on any atom is 0.330 e. The van der Waals surface area contributed by atoms with Crippen LogP contribution in [0.3, 0.4) is 0 Å². The molecule has 0 saturated heterocycles. The van der Waals surface area contributed by atoms with Crippen molar-refractivity contribution in [3.63, 3.8) is 0 Å². The fraction of sp³-hybridized carbons (Fsp3) is 0.281. The minimum absolute atomic E-state index is 0.229. The van der Waals surface area contributed by atoms with E-state index in [1.165, 1.54) is 36.3 Å². The molecular formula is C32H31ClFN3O3. The quantitative estimate of drug-likeness (QED) is 0.175. The van der Waals surface area contributed by atoms with Crippen LogP contribution in [0.4, 0.5) is 10.1 Å². The lowest BCUT2D eigenvalue weighted by molar-refractivity contribution is -0.134. The molecule has 40 heavy (non-hydrogen) atoms. The Morgan fingerprint density at radius 2 is 1.88 bits per heavy atom. The zero-order valence-electron chi connectivity index (χ0n) is 23.4. The van der Waals surface area contributed by atoms with E-state index in [9.17, 15) is 15.4 Å². The molecule has 0 bridgehead atoms. The van der Waals surface area contributed by atoms with Gasteiger partial charge in [-0.3, -0.25) is 9.48 Å². The Morgan fingerprint density at radius 3 is 2.62 bits per heavy atom. The molecule has 3 aromatic carbocycles. The van der Waals surface area contributed by atoms with Crippen LogP contribution in [0, 0.1) is 11.7 Å². The van der Waals surface area contributed by atoms with Gasteiger partial charge in [-0.25, -0.2) is 9.18 Å². The highest BCUT2D eigenvalue weighted by Crippen LogP contribution is 2.33. The number of nitrogens with zero attached hydrogens (tertiary/aromatic N) is 3. The van der Waals surface area contributed by atoms with Crippen molar-refractivity contribution >= 4 is 46.1 Å². The van der Waals surface area contributed by atoms with Crippen molar-refractivity contribution in [2.24, 2.45) is 13.0 Å². The van der Waals surface area contributed by atoms with Crippen molar-refractivity contribution in [2.45, 2.75) is 38.6 Å². The number of aryl methyl sites for hydroxylation is 1. The SMILES string of the molecule is [2H]C(c1ccc(-c2ccc3c(cnn3C)c2)cc1Cl)N(C(=O)C1CCCCC1)c1cc(F)cc(/C=C/C(=O)OC)c1. The fourth-order valence-corrected chi connectivity index (χ4v) is 5.40. The number of ether oxygens (including phenoxy) is 1. The summed E-state index contributed by atoms with van der Waals surface area (Å²) in [4.78, 5) is 26.9. The van der Waals surface area contributed by atoms with E-state index in [-0.39, 0.29) is 17.5 Å². The maximum atomic E-state index is 14.8. The van der Waals surface area contributed by atoms with Crippen LogP contribution >= 0.6 is 11.6 Å². The predicted octanol–water partition coefficient (Wildman–Crippen LogP) is 7.33. The topological polar surface area (TPSA) is 64.4 Å². The van der Waals surface area contributed by atoms with Crippen LogP contribution in [0.25, 0.3) is 28.1 Å². The number of methoxy groups -OCH3 is 1. The van der Waals surface area contributed by atoms with Crippen LogP contribution in [0.15, 0.2) is 66.9 Å². The summed E-state index contributed by atoms with van der Waals surface area (Å²) in [6.07, 6.45) is 8.77. The first-order chi connectivity index (χ1) is 19.7. The molecule has 1 saturated carbocycles. The van der Waals surface area contributed by atoms with Crippen LogP contribution in [-0.2, 0) is 27.9 Å². The second-order valence-electron chi connectivity index (χ2n) is 10.0. The van der Waals surface area contributed by atoms with E-state index in [1.807, 2.05) is 31.3 Å². The highest BCUT2D eigenvalue weighted by molar-refractivity contribution is 6.31. The molecule has 5 rings (SSSR count). The Morgan fingerprint density at radius 1 is 1.12 bits per heavy atom. The largest absolute Gasteiger partial charge is 0.466 e. The highest BCUT2D eigenvalue weighted by atomic mass is 35.5. The van der Waals surface area contributed by atoms with E-state index in [0.29, 0.717) is 16.1 Å². The number of anilines is 1.